The van der Waals surface area contributed by atoms with Crippen LogP contribution in [0.1, 0.15) is 103 Å². The van der Waals surface area contributed by atoms with Crippen LogP contribution in [0.15, 0.2) is 0 Å². The molecule has 0 aliphatic heterocycles. The summed E-state index contributed by atoms with van der Waals surface area (Å²) in [5.41, 5.74) is 26.0. The summed E-state index contributed by atoms with van der Waals surface area (Å²) in [5, 5.41) is 0. The normalized spacial score (nSPS) is 46.8. The van der Waals surface area contributed by atoms with Crippen molar-refractivity contribution in [2.45, 2.75) is 127 Å². The molecule has 4 fully saturated rings. The van der Waals surface area contributed by atoms with Crippen LogP contribution in [0.5, 0.6) is 0 Å². The molecule has 0 aromatic carbocycles. The molecule has 4 heteroatoms. The van der Waals surface area contributed by atoms with Gasteiger partial charge < -0.3 is 22.9 Å². The summed E-state index contributed by atoms with van der Waals surface area (Å²) in [6, 6.07) is 1.73. The van der Waals surface area contributed by atoms with E-state index in [0.717, 1.165) is 23.7 Å². The summed E-state index contributed by atoms with van der Waals surface area (Å²) in [6.45, 7) is 0. The van der Waals surface area contributed by atoms with E-state index in [0.29, 0.717) is 29.6 Å². The minimum absolute atomic E-state index is 0.434. The van der Waals surface area contributed by atoms with Crippen LogP contribution in [0.3, 0.4) is 0 Å². The van der Waals surface area contributed by atoms with Crippen LogP contribution in [0.2, 0.25) is 0 Å². The lowest BCUT2D eigenvalue weighted by molar-refractivity contribution is -0.110. The summed E-state index contributed by atoms with van der Waals surface area (Å²) in [5.74, 6) is 3.45. The molecule has 4 aliphatic rings. The third-order valence-electron chi connectivity index (χ3n) is 9.92. The van der Waals surface area contributed by atoms with Crippen LogP contribution in [-0.4, -0.2) is 24.2 Å². The molecule has 0 radical (unpaired) electrons. The summed E-state index contributed by atoms with van der Waals surface area (Å²) in [7, 11) is 0. The summed E-state index contributed by atoms with van der Waals surface area (Å²) in [6.07, 6.45) is 20.7. The Hall–Kier alpha value is -0.160. The van der Waals surface area contributed by atoms with E-state index in [-0.39, 0.29) is 0 Å². The van der Waals surface area contributed by atoms with Crippen molar-refractivity contribution < 1.29 is 0 Å². The number of hydrogen-bond donors (Lipinski definition) is 4. The second kappa shape index (κ2) is 9.54. The van der Waals surface area contributed by atoms with Crippen molar-refractivity contribution in [2.75, 3.05) is 0 Å². The van der Waals surface area contributed by atoms with Gasteiger partial charge in [0.05, 0.1) is 0 Å². The van der Waals surface area contributed by atoms with Gasteiger partial charge in [-0.2, -0.15) is 0 Å². The molecule has 0 unspecified atom stereocenters. The summed E-state index contributed by atoms with van der Waals surface area (Å²) >= 11 is 0. The Bertz CT molecular complexity index is 397. The molecule has 8 N–H and O–H groups in total. The quantitative estimate of drug-likeness (QED) is 0.567. The van der Waals surface area contributed by atoms with Crippen molar-refractivity contribution >= 4 is 0 Å². The highest BCUT2D eigenvalue weighted by atomic mass is 14.7. The number of nitrogens with two attached hydrogens (primary N) is 4. The molecular formula is C25H48N4. The van der Waals surface area contributed by atoms with Gasteiger partial charge in [0, 0.05) is 24.2 Å². The maximum absolute atomic E-state index is 6.38. The smallest absolute Gasteiger partial charge is 0.00390 e. The Morgan fingerprint density at radius 1 is 0.310 bits per heavy atom. The molecule has 4 nitrogen and oxygen atoms in total. The van der Waals surface area contributed by atoms with Gasteiger partial charge in [0.2, 0.25) is 0 Å². The second-order valence-electron chi connectivity index (χ2n) is 11.4. The van der Waals surface area contributed by atoms with E-state index >= 15 is 0 Å². The van der Waals surface area contributed by atoms with Crippen molar-refractivity contribution in [3.63, 3.8) is 0 Å². The van der Waals surface area contributed by atoms with Gasteiger partial charge in [0.25, 0.3) is 0 Å². The highest BCUT2D eigenvalue weighted by molar-refractivity contribution is 5.06. The highest BCUT2D eigenvalue weighted by Crippen LogP contribution is 2.62. The van der Waals surface area contributed by atoms with Crippen molar-refractivity contribution in [3.05, 3.63) is 0 Å². The van der Waals surface area contributed by atoms with Crippen LogP contribution in [-0.2, 0) is 0 Å². The Balaban J connectivity index is 1.69. The SMILES string of the molecule is NC1CCC(C(C2CCC(N)CC2)(C2CCC(N)CC2)C2CCC(N)CC2)CC1. The highest BCUT2D eigenvalue weighted by Gasteiger charge is 2.55. The lowest BCUT2D eigenvalue weighted by Crippen LogP contribution is -2.55. The van der Waals surface area contributed by atoms with Crippen molar-refractivity contribution in [2.24, 2.45) is 52.0 Å². The number of rotatable bonds is 4. The van der Waals surface area contributed by atoms with Gasteiger partial charge in [-0.05, 0) is 132 Å². The molecule has 4 rings (SSSR count). The van der Waals surface area contributed by atoms with Gasteiger partial charge >= 0.3 is 0 Å². The standard InChI is InChI=1S/C25H48N4/c26-21-9-1-17(2-10-21)25(18-3-11-22(27)12-4-18,19-5-13-23(28)14-6-19)20-7-15-24(29)16-8-20/h17-24H,1-16,26-29H2. The van der Waals surface area contributed by atoms with Crippen LogP contribution < -0.4 is 22.9 Å². The lowest BCUT2D eigenvalue weighted by atomic mass is 9.45. The van der Waals surface area contributed by atoms with Gasteiger partial charge in [-0.15, -0.1) is 0 Å². The Morgan fingerprint density at radius 2 is 0.483 bits per heavy atom. The van der Waals surface area contributed by atoms with Crippen molar-refractivity contribution in [1.29, 1.82) is 0 Å². The first-order valence-electron chi connectivity index (χ1n) is 13.0. The summed E-state index contributed by atoms with van der Waals surface area (Å²) < 4.78 is 0. The average Bonchev–Trinajstić information content (AvgIpc) is 2.73. The summed E-state index contributed by atoms with van der Waals surface area (Å²) in [4.78, 5) is 0. The predicted octanol–water partition coefficient (Wildman–Crippen LogP) is 4.04. The van der Waals surface area contributed by atoms with Crippen molar-refractivity contribution in [3.8, 4) is 0 Å². The molecule has 0 aromatic rings. The Kier molecular flexibility index (Phi) is 7.26. The zero-order valence-corrected chi connectivity index (χ0v) is 18.7. The van der Waals surface area contributed by atoms with E-state index < -0.39 is 0 Å². The van der Waals surface area contributed by atoms with Gasteiger partial charge in [-0.1, -0.05) is 0 Å². The van der Waals surface area contributed by atoms with Gasteiger partial charge in [-0.3, -0.25) is 0 Å². The Labute approximate surface area is 179 Å². The topological polar surface area (TPSA) is 104 Å². The maximum atomic E-state index is 6.38. The third-order valence-corrected chi connectivity index (χ3v) is 9.92. The number of hydrogen-bond acceptors (Lipinski definition) is 4. The first kappa shape index (κ1) is 22.0. The molecule has 0 saturated heterocycles. The van der Waals surface area contributed by atoms with E-state index in [1.165, 1.54) is 103 Å². The van der Waals surface area contributed by atoms with Crippen LogP contribution in [0.25, 0.3) is 0 Å². The molecule has 0 aromatic heterocycles. The molecule has 0 heterocycles. The predicted molar refractivity (Wildman–Crippen MR) is 122 cm³/mol. The zero-order chi connectivity index (χ0) is 20.4. The molecule has 0 spiro atoms. The average molecular weight is 405 g/mol. The van der Waals surface area contributed by atoms with Gasteiger partial charge in [0.15, 0.2) is 0 Å². The van der Waals surface area contributed by atoms with Crippen LogP contribution >= 0.6 is 0 Å². The van der Waals surface area contributed by atoms with Crippen LogP contribution in [0.4, 0.5) is 0 Å². The lowest BCUT2D eigenvalue weighted by Gasteiger charge is -2.60. The third kappa shape index (κ3) is 4.56. The van der Waals surface area contributed by atoms with E-state index in [1.54, 1.807) is 0 Å². The molecule has 4 saturated carbocycles. The van der Waals surface area contributed by atoms with Crippen LogP contribution in [0, 0.1) is 29.1 Å². The molecule has 0 atom stereocenters. The minimum atomic E-state index is 0.434. The fourth-order valence-corrected chi connectivity index (χ4v) is 8.48. The van der Waals surface area contributed by atoms with E-state index in [9.17, 15) is 0 Å². The van der Waals surface area contributed by atoms with Gasteiger partial charge in [-0.25, -0.2) is 0 Å². The van der Waals surface area contributed by atoms with E-state index in [2.05, 4.69) is 0 Å². The van der Waals surface area contributed by atoms with Gasteiger partial charge in [0.1, 0.15) is 0 Å². The molecule has 29 heavy (non-hydrogen) atoms. The molecule has 168 valence electrons. The molecule has 0 bridgehead atoms. The van der Waals surface area contributed by atoms with E-state index in [1.807, 2.05) is 0 Å². The molecule has 4 aliphatic carbocycles. The minimum Gasteiger partial charge on any atom is -0.328 e. The Morgan fingerprint density at radius 3 is 0.655 bits per heavy atom. The van der Waals surface area contributed by atoms with Crippen molar-refractivity contribution in [1.82, 2.24) is 0 Å². The molecule has 0 amide bonds. The maximum Gasteiger partial charge on any atom is 0.00390 e. The fourth-order valence-electron chi connectivity index (χ4n) is 8.48. The first-order chi connectivity index (χ1) is 14.0. The fraction of sp³-hybridized carbons (Fsp3) is 1.00. The first-order valence-corrected chi connectivity index (χ1v) is 13.0. The second-order valence-corrected chi connectivity index (χ2v) is 11.4. The molecular weight excluding hydrogens is 356 g/mol. The van der Waals surface area contributed by atoms with E-state index in [4.69, 9.17) is 22.9 Å². The zero-order valence-electron chi connectivity index (χ0n) is 18.7. The monoisotopic (exact) mass is 404 g/mol. The largest absolute Gasteiger partial charge is 0.328 e.